The third-order valence-corrected chi connectivity index (χ3v) is 12.4. The standard InChI is InChI=1S/C30H48F3N5O2/c1-36-19-34-35-26(36)14-29(8-10-40-18-29)21-3-2-4-22(13-21)38-16-24-23(27(38)39)11-20(12-25(24)30(31,32)33)15-37-9-7-28(17-37)5-6-28/h20-26,34-35H,2-19H2,1H3/t20?,21?,22?,23?,24?,25?,26?,29-/m0/s1. The van der Waals surface area contributed by atoms with Crippen molar-refractivity contribution in [1.29, 1.82) is 0 Å². The lowest BCUT2D eigenvalue weighted by Gasteiger charge is -2.45. The van der Waals surface area contributed by atoms with Gasteiger partial charge < -0.3 is 14.5 Å². The average Bonchev–Trinajstić information content (AvgIpc) is 3.30. The van der Waals surface area contributed by atoms with Gasteiger partial charge in [0.2, 0.25) is 5.91 Å². The summed E-state index contributed by atoms with van der Waals surface area (Å²) in [6, 6.07) is 0.0577. The van der Waals surface area contributed by atoms with Crippen molar-refractivity contribution in [2.75, 3.05) is 53.1 Å². The lowest BCUT2D eigenvalue weighted by Crippen LogP contribution is -2.48. The molecule has 8 atom stereocenters. The maximum Gasteiger partial charge on any atom is 0.392 e. The average molecular weight is 568 g/mol. The molecule has 1 spiro atoms. The van der Waals surface area contributed by atoms with E-state index in [-0.39, 0.29) is 35.9 Å². The first-order chi connectivity index (χ1) is 19.1. The Bertz CT molecular complexity index is 954. The zero-order chi connectivity index (χ0) is 27.7. The number of amides is 1. The molecule has 7 fully saturated rings. The van der Waals surface area contributed by atoms with Gasteiger partial charge in [-0.15, -0.1) is 0 Å². The second-order valence-electron chi connectivity index (χ2n) is 14.9. The van der Waals surface area contributed by atoms with E-state index in [1.54, 1.807) is 0 Å². The molecule has 40 heavy (non-hydrogen) atoms. The highest BCUT2D eigenvalue weighted by molar-refractivity contribution is 5.82. The lowest BCUT2D eigenvalue weighted by molar-refractivity contribution is -0.204. The predicted molar refractivity (Wildman–Crippen MR) is 145 cm³/mol. The molecular formula is C30H48F3N5O2. The zero-order valence-electron chi connectivity index (χ0n) is 24.1. The summed E-state index contributed by atoms with van der Waals surface area (Å²) in [7, 11) is 2.12. The Labute approximate surface area is 236 Å². The van der Waals surface area contributed by atoms with Gasteiger partial charge in [-0.2, -0.15) is 13.2 Å². The molecule has 0 aromatic heterocycles. The van der Waals surface area contributed by atoms with Crippen molar-refractivity contribution in [3.63, 3.8) is 0 Å². The molecule has 0 aromatic rings. The molecule has 2 N–H and O–H groups in total. The molecule has 7 rings (SSSR count). The molecule has 3 saturated carbocycles. The molecule has 1 amide bonds. The molecule has 7 unspecified atom stereocenters. The topological polar surface area (TPSA) is 60.1 Å². The number of fused-ring (bicyclic) bond motifs is 1. The number of hydrogen-bond donors (Lipinski definition) is 2. The van der Waals surface area contributed by atoms with Crippen LogP contribution in [0.15, 0.2) is 0 Å². The molecule has 0 bridgehead atoms. The molecule has 4 heterocycles. The number of carbonyl (C=O) groups excluding carboxylic acids is 1. The fraction of sp³-hybridized carbons (Fsp3) is 0.967. The summed E-state index contributed by atoms with van der Waals surface area (Å²) in [4.78, 5) is 20.6. The Balaban J connectivity index is 1.05. The Morgan fingerprint density at radius 3 is 2.62 bits per heavy atom. The van der Waals surface area contributed by atoms with E-state index in [9.17, 15) is 18.0 Å². The maximum atomic E-state index is 14.5. The number of hydrogen-bond acceptors (Lipinski definition) is 6. The van der Waals surface area contributed by atoms with Gasteiger partial charge in [-0.3, -0.25) is 9.69 Å². The number of likely N-dealkylation sites (tertiary alicyclic amines) is 2. The number of carbonyl (C=O) groups is 1. The smallest absolute Gasteiger partial charge is 0.381 e. The van der Waals surface area contributed by atoms with Crippen LogP contribution in [0.4, 0.5) is 13.2 Å². The first kappa shape index (κ1) is 27.9. The highest BCUT2D eigenvalue weighted by atomic mass is 19.4. The fourth-order valence-corrected chi connectivity index (χ4v) is 9.88. The van der Waals surface area contributed by atoms with Crippen molar-refractivity contribution < 1.29 is 22.7 Å². The van der Waals surface area contributed by atoms with Crippen LogP contribution in [0.1, 0.15) is 70.6 Å². The van der Waals surface area contributed by atoms with Gasteiger partial charge in [0.1, 0.15) is 0 Å². The van der Waals surface area contributed by atoms with Crippen molar-refractivity contribution in [2.24, 2.45) is 40.4 Å². The summed E-state index contributed by atoms with van der Waals surface area (Å²) in [5.74, 6) is -1.98. The third-order valence-electron chi connectivity index (χ3n) is 12.4. The van der Waals surface area contributed by atoms with Crippen LogP contribution in [-0.4, -0.2) is 92.1 Å². The third kappa shape index (κ3) is 5.12. The molecular weight excluding hydrogens is 519 g/mol. The van der Waals surface area contributed by atoms with Crippen LogP contribution in [0.25, 0.3) is 0 Å². The number of alkyl halides is 3. The molecule has 3 aliphatic carbocycles. The summed E-state index contributed by atoms with van der Waals surface area (Å²) >= 11 is 0. The zero-order valence-corrected chi connectivity index (χ0v) is 24.1. The van der Waals surface area contributed by atoms with Gasteiger partial charge in [0.15, 0.2) is 0 Å². The monoisotopic (exact) mass is 567 g/mol. The lowest BCUT2D eigenvalue weighted by atomic mass is 9.65. The van der Waals surface area contributed by atoms with Crippen molar-refractivity contribution in [2.45, 2.75) is 89.0 Å². The number of ether oxygens (including phenoxy) is 1. The second kappa shape index (κ2) is 10.4. The Morgan fingerprint density at radius 1 is 1.10 bits per heavy atom. The SMILES string of the molecule is CN1CNNC1C[C@@]1(C2CCCC(N3CC4C(CC(CN5CCC6(CC6)C5)CC4C(F)(F)F)C3=O)C2)CCOC1. The van der Waals surface area contributed by atoms with E-state index in [2.05, 4.69) is 27.7 Å². The van der Waals surface area contributed by atoms with Gasteiger partial charge in [0, 0.05) is 43.6 Å². The number of nitrogens with one attached hydrogen (secondary N) is 2. The minimum Gasteiger partial charge on any atom is -0.381 e. The fourth-order valence-electron chi connectivity index (χ4n) is 9.88. The number of rotatable bonds is 6. The van der Waals surface area contributed by atoms with Crippen molar-refractivity contribution in [3.8, 4) is 0 Å². The van der Waals surface area contributed by atoms with Crippen LogP contribution in [-0.2, 0) is 9.53 Å². The molecule has 0 aromatic carbocycles. The largest absolute Gasteiger partial charge is 0.392 e. The second-order valence-corrected chi connectivity index (χ2v) is 14.9. The van der Waals surface area contributed by atoms with Gasteiger partial charge in [-0.25, -0.2) is 10.9 Å². The van der Waals surface area contributed by atoms with E-state index < -0.39 is 23.9 Å². The van der Waals surface area contributed by atoms with Gasteiger partial charge in [0.05, 0.1) is 25.4 Å². The van der Waals surface area contributed by atoms with Crippen LogP contribution >= 0.6 is 0 Å². The van der Waals surface area contributed by atoms with Crippen LogP contribution in [0.2, 0.25) is 0 Å². The molecule has 7 nitrogen and oxygen atoms in total. The molecule has 7 aliphatic rings. The Kier molecular flexibility index (Phi) is 7.21. The summed E-state index contributed by atoms with van der Waals surface area (Å²) in [5.41, 5.74) is 7.18. The summed E-state index contributed by atoms with van der Waals surface area (Å²) in [6.07, 6.45) is 6.54. The van der Waals surface area contributed by atoms with Gasteiger partial charge >= 0.3 is 6.18 Å². The van der Waals surface area contributed by atoms with Crippen molar-refractivity contribution in [3.05, 3.63) is 0 Å². The first-order valence-electron chi connectivity index (χ1n) is 16.0. The summed E-state index contributed by atoms with van der Waals surface area (Å²) in [6.45, 7) is 5.40. The van der Waals surface area contributed by atoms with Crippen LogP contribution in [0, 0.1) is 40.4 Å². The normalized spacial score (nSPS) is 44.1. The van der Waals surface area contributed by atoms with Crippen LogP contribution < -0.4 is 10.9 Å². The summed E-state index contributed by atoms with van der Waals surface area (Å²) in [5, 5.41) is 0. The van der Waals surface area contributed by atoms with Gasteiger partial charge in [0.25, 0.3) is 0 Å². The number of hydrazine groups is 1. The molecule has 10 heteroatoms. The Hall–Kier alpha value is -0.940. The minimum absolute atomic E-state index is 0.0211. The minimum atomic E-state index is -4.24. The number of nitrogens with zero attached hydrogens (tertiary/aromatic N) is 3. The van der Waals surface area contributed by atoms with E-state index >= 15 is 0 Å². The van der Waals surface area contributed by atoms with E-state index in [1.165, 1.54) is 19.3 Å². The number of halogens is 3. The predicted octanol–water partition coefficient (Wildman–Crippen LogP) is 3.81. The molecule has 4 aliphatic heterocycles. The summed E-state index contributed by atoms with van der Waals surface area (Å²) < 4.78 is 49.4. The Morgan fingerprint density at radius 2 is 1.95 bits per heavy atom. The highest BCUT2D eigenvalue weighted by Gasteiger charge is 2.58. The van der Waals surface area contributed by atoms with Crippen LogP contribution in [0.3, 0.4) is 0 Å². The van der Waals surface area contributed by atoms with Crippen LogP contribution in [0.5, 0.6) is 0 Å². The van der Waals surface area contributed by atoms with E-state index in [1.807, 2.05) is 4.90 Å². The van der Waals surface area contributed by atoms with Gasteiger partial charge in [-0.05, 0) is 101 Å². The first-order valence-corrected chi connectivity index (χ1v) is 16.0. The van der Waals surface area contributed by atoms with Crippen molar-refractivity contribution in [1.82, 2.24) is 25.6 Å². The maximum absolute atomic E-state index is 14.5. The van der Waals surface area contributed by atoms with Crippen molar-refractivity contribution >= 4 is 5.91 Å². The molecule has 0 radical (unpaired) electrons. The van der Waals surface area contributed by atoms with E-state index in [0.717, 1.165) is 78.0 Å². The van der Waals surface area contributed by atoms with E-state index in [4.69, 9.17) is 4.74 Å². The quantitative estimate of drug-likeness (QED) is 0.509. The molecule has 4 saturated heterocycles. The molecule has 226 valence electrons. The van der Waals surface area contributed by atoms with E-state index in [0.29, 0.717) is 24.3 Å². The highest BCUT2D eigenvalue weighted by Crippen LogP contribution is 2.55. The van der Waals surface area contributed by atoms with Gasteiger partial charge in [-0.1, -0.05) is 6.42 Å².